The van der Waals surface area contributed by atoms with E-state index in [0.29, 0.717) is 6.61 Å². The predicted molar refractivity (Wildman–Crippen MR) is 77.3 cm³/mol. The van der Waals surface area contributed by atoms with E-state index in [0.717, 1.165) is 12.8 Å². The molecular formula is C15H24O8. The molecule has 132 valence electrons. The molecule has 8 heteroatoms. The topological polar surface area (TPSA) is 97.4 Å². The van der Waals surface area contributed by atoms with Crippen LogP contribution in [0.1, 0.15) is 40.5 Å². The molecule has 1 fully saturated rings. The first kappa shape index (κ1) is 19.4. The SMILES string of the molecule is CCCCO[C@H]1[C@@H](COC(C)=O)OC(OC(C)=O)[C@@H]1OC(C)=O. The maximum atomic E-state index is 11.3. The van der Waals surface area contributed by atoms with Crippen LogP contribution in [0, 0.1) is 0 Å². The third-order valence-electron chi connectivity index (χ3n) is 3.11. The fraction of sp³-hybridized carbons (Fsp3) is 0.800. The van der Waals surface area contributed by atoms with Crippen LogP contribution in [0.15, 0.2) is 0 Å². The molecule has 1 aliphatic rings. The van der Waals surface area contributed by atoms with Gasteiger partial charge in [0.1, 0.15) is 18.8 Å². The lowest BCUT2D eigenvalue weighted by atomic mass is 10.1. The molecule has 0 aliphatic carbocycles. The van der Waals surface area contributed by atoms with Gasteiger partial charge in [-0.15, -0.1) is 0 Å². The highest BCUT2D eigenvalue weighted by Crippen LogP contribution is 2.28. The summed E-state index contributed by atoms with van der Waals surface area (Å²) in [6.45, 7) is 6.09. The Kier molecular flexibility index (Phi) is 7.97. The Bertz CT molecular complexity index is 422. The molecule has 0 spiro atoms. The van der Waals surface area contributed by atoms with Gasteiger partial charge in [-0.2, -0.15) is 0 Å². The number of esters is 3. The molecule has 0 bridgehead atoms. The number of hydrogen-bond acceptors (Lipinski definition) is 8. The van der Waals surface area contributed by atoms with E-state index in [1.165, 1.54) is 20.8 Å². The molecule has 23 heavy (non-hydrogen) atoms. The van der Waals surface area contributed by atoms with Crippen molar-refractivity contribution in [3.8, 4) is 0 Å². The minimum atomic E-state index is -1.09. The molecule has 8 nitrogen and oxygen atoms in total. The van der Waals surface area contributed by atoms with Gasteiger partial charge >= 0.3 is 17.9 Å². The summed E-state index contributed by atoms with van der Waals surface area (Å²) >= 11 is 0. The van der Waals surface area contributed by atoms with Crippen molar-refractivity contribution < 1.29 is 38.1 Å². The highest BCUT2D eigenvalue weighted by molar-refractivity contribution is 5.67. The summed E-state index contributed by atoms with van der Waals surface area (Å²) in [4.78, 5) is 33.5. The van der Waals surface area contributed by atoms with Crippen molar-refractivity contribution >= 4 is 17.9 Å². The van der Waals surface area contributed by atoms with Crippen LogP contribution in [-0.2, 0) is 38.1 Å². The smallest absolute Gasteiger partial charge is 0.305 e. The second-order valence-corrected chi connectivity index (χ2v) is 5.22. The third kappa shape index (κ3) is 6.54. The predicted octanol–water partition coefficient (Wildman–Crippen LogP) is 0.954. The number of hydrogen-bond donors (Lipinski definition) is 0. The fourth-order valence-electron chi connectivity index (χ4n) is 2.17. The maximum Gasteiger partial charge on any atom is 0.305 e. The van der Waals surface area contributed by atoms with Crippen LogP contribution in [0.25, 0.3) is 0 Å². The molecule has 0 aromatic carbocycles. The van der Waals surface area contributed by atoms with Gasteiger partial charge in [-0.1, -0.05) is 13.3 Å². The Labute approximate surface area is 135 Å². The summed E-state index contributed by atoms with van der Waals surface area (Å²) in [5.74, 6) is -1.60. The van der Waals surface area contributed by atoms with Crippen LogP contribution in [0.2, 0.25) is 0 Å². The molecule has 0 saturated carbocycles. The second kappa shape index (κ2) is 9.46. The molecule has 0 N–H and O–H groups in total. The summed E-state index contributed by atoms with van der Waals surface area (Å²) in [5, 5.41) is 0. The Morgan fingerprint density at radius 3 is 2.13 bits per heavy atom. The van der Waals surface area contributed by atoms with Gasteiger partial charge in [-0.25, -0.2) is 0 Å². The maximum absolute atomic E-state index is 11.3. The average Bonchev–Trinajstić information content (AvgIpc) is 2.73. The third-order valence-corrected chi connectivity index (χ3v) is 3.11. The quantitative estimate of drug-likeness (QED) is 0.368. The fourth-order valence-corrected chi connectivity index (χ4v) is 2.17. The van der Waals surface area contributed by atoms with Gasteiger partial charge in [0.05, 0.1) is 0 Å². The summed E-state index contributed by atoms with van der Waals surface area (Å²) in [7, 11) is 0. The minimum absolute atomic E-state index is 0.0817. The number of carbonyl (C=O) groups excluding carboxylic acids is 3. The standard InChI is InChI=1S/C15H24O8/c1-5-6-7-19-13-12(8-20-9(2)16)23-15(22-11(4)18)14(13)21-10(3)17/h12-15H,5-8H2,1-4H3/t12-,13+,14-,15?/m1/s1. The van der Waals surface area contributed by atoms with E-state index >= 15 is 0 Å². The monoisotopic (exact) mass is 332 g/mol. The van der Waals surface area contributed by atoms with Gasteiger partial charge < -0.3 is 23.7 Å². The largest absolute Gasteiger partial charge is 0.463 e. The second-order valence-electron chi connectivity index (χ2n) is 5.22. The summed E-state index contributed by atoms with van der Waals surface area (Å²) < 4.78 is 26.5. The Hall–Kier alpha value is -1.67. The number of ether oxygens (including phenoxy) is 5. The van der Waals surface area contributed by atoms with E-state index in [1.807, 2.05) is 6.92 Å². The Balaban J connectivity index is 2.85. The van der Waals surface area contributed by atoms with E-state index in [9.17, 15) is 14.4 Å². The molecule has 0 aromatic rings. The molecule has 0 amide bonds. The highest BCUT2D eigenvalue weighted by Gasteiger charge is 2.50. The van der Waals surface area contributed by atoms with Crippen LogP contribution >= 0.6 is 0 Å². The molecular weight excluding hydrogens is 308 g/mol. The molecule has 0 aromatic heterocycles. The van der Waals surface area contributed by atoms with E-state index < -0.39 is 42.5 Å². The summed E-state index contributed by atoms with van der Waals surface area (Å²) in [5.41, 5.74) is 0. The van der Waals surface area contributed by atoms with Gasteiger partial charge in [0, 0.05) is 27.4 Å². The molecule has 0 radical (unpaired) electrons. The Morgan fingerprint density at radius 1 is 0.957 bits per heavy atom. The first-order chi connectivity index (χ1) is 10.8. The molecule has 1 aliphatic heterocycles. The van der Waals surface area contributed by atoms with Crippen molar-refractivity contribution in [1.82, 2.24) is 0 Å². The molecule has 1 saturated heterocycles. The van der Waals surface area contributed by atoms with Gasteiger partial charge in [-0.3, -0.25) is 14.4 Å². The van der Waals surface area contributed by atoms with E-state index in [1.54, 1.807) is 0 Å². The van der Waals surface area contributed by atoms with Crippen molar-refractivity contribution in [3.05, 3.63) is 0 Å². The summed E-state index contributed by atoms with van der Waals surface area (Å²) in [6.07, 6.45) is -1.65. The van der Waals surface area contributed by atoms with Crippen LogP contribution < -0.4 is 0 Å². The van der Waals surface area contributed by atoms with Gasteiger partial charge in [0.25, 0.3) is 0 Å². The molecule has 1 unspecified atom stereocenters. The molecule has 1 heterocycles. The number of carbonyl (C=O) groups is 3. The van der Waals surface area contributed by atoms with Crippen molar-refractivity contribution in [3.63, 3.8) is 0 Å². The van der Waals surface area contributed by atoms with E-state index in [2.05, 4.69) is 0 Å². The zero-order valence-corrected chi connectivity index (χ0v) is 13.9. The van der Waals surface area contributed by atoms with Crippen LogP contribution in [0.5, 0.6) is 0 Å². The van der Waals surface area contributed by atoms with Crippen molar-refractivity contribution in [2.45, 2.75) is 65.1 Å². The van der Waals surface area contributed by atoms with Crippen molar-refractivity contribution in [2.75, 3.05) is 13.2 Å². The van der Waals surface area contributed by atoms with E-state index in [-0.39, 0.29) is 6.61 Å². The summed E-state index contributed by atoms with van der Waals surface area (Å²) in [6, 6.07) is 0. The zero-order chi connectivity index (χ0) is 17.4. The zero-order valence-electron chi connectivity index (χ0n) is 13.9. The first-order valence-electron chi connectivity index (χ1n) is 7.60. The van der Waals surface area contributed by atoms with Crippen LogP contribution in [-0.4, -0.2) is 55.7 Å². The van der Waals surface area contributed by atoms with Gasteiger partial charge in [0.15, 0.2) is 6.10 Å². The highest BCUT2D eigenvalue weighted by atomic mass is 16.7. The lowest BCUT2D eigenvalue weighted by Gasteiger charge is -2.23. The number of unbranched alkanes of at least 4 members (excludes halogenated alkanes) is 1. The minimum Gasteiger partial charge on any atom is -0.463 e. The van der Waals surface area contributed by atoms with E-state index in [4.69, 9.17) is 23.7 Å². The van der Waals surface area contributed by atoms with Crippen LogP contribution in [0.3, 0.4) is 0 Å². The number of rotatable bonds is 8. The molecule has 1 rings (SSSR count). The van der Waals surface area contributed by atoms with Gasteiger partial charge in [-0.05, 0) is 6.42 Å². The van der Waals surface area contributed by atoms with Gasteiger partial charge in [0.2, 0.25) is 6.29 Å². The van der Waals surface area contributed by atoms with Crippen molar-refractivity contribution in [1.29, 1.82) is 0 Å². The lowest BCUT2D eigenvalue weighted by Crippen LogP contribution is -2.41. The molecule has 4 atom stereocenters. The van der Waals surface area contributed by atoms with Crippen molar-refractivity contribution in [2.24, 2.45) is 0 Å². The first-order valence-corrected chi connectivity index (χ1v) is 7.60. The normalized spacial score (nSPS) is 26.6. The lowest BCUT2D eigenvalue weighted by molar-refractivity contribution is -0.197. The van der Waals surface area contributed by atoms with Crippen LogP contribution in [0.4, 0.5) is 0 Å². The average molecular weight is 332 g/mol. The Morgan fingerprint density at radius 2 is 1.61 bits per heavy atom.